The molecule has 1 N–H and O–H groups in total. The van der Waals surface area contributed by atoms with Gasteiger partial charge < -0.3 is 10.1 Å². The van der Waals surface area contributed by atoms with Gasteiger partial charge in [0, 0.05) is 23.9 Å². The lowest BCUT2D eigenvalue weighted by Crippen LogP contribution is -2.12. The molecule has 2 rings (SSSR count). The van der Waals surface area contributed by atoms with Crippen molar-refractivity contribution in [3.05, 3.63) is 64.2 Å². The first-order valence-electron chi connectivity index (χ1n) is 6.34. The summed E-state index contributed by atoms with van der Waals surface area (Å²) in [5.74, 6) is 0.810. The minimum Gasteiger partial charge on any atom is -0.492 e. The highest BCUT2D eigenvalue weighted by atomic mass is 16.6. The van der Waals surface area contributed by atoms with Gasteiger partial charge in [0.2, 0.25) is 0 Å². The molecule has 0 amide bonds. The number of ether oxygens (including phenoxy) is 1. The third kappa shape index (κ3) is 3.47. The van der Waals surface area contributed by atoms with Crippen molar-refractivity contribution in [2.45, 2.75) is 6.92 Å². The molecule has 0 saturated heterocycles. The van der Waals surface area contributed by atoms with Crippen molar-refractivity contribution < 1.29 is 9.66 Å². The lowest BCUT2D eigenvalue weighted by molar-refractivity contribution is -0.385. The van der Waals surface area contributed by atoms with E-state index in [1.807, 2.05) is 36.4 Å². The van der Waals surface area contributed by atoms with Crippen LogP contribution < -0.4 is 10.1 Å². The first kappa shape index (κ1) is 13.9. The van der Waals surface area contributed by atoms with Gasteiger partial charge in [-0.15, -0.1) is 0 Å². The molecule has 2 aromatic carbocycles. The van der Waals surface area contributed by atoms with Crippen molar-refractivity contribution in [3.63, 3.8) is 0 Å². The maximum Gasteiger partial charge on any atom is 0.274 e. The zero-order valence-corrected chi connectivity index (χ0v) is 11.2. The quantitative estimate of drug-likeness (QED) is 0.497. The number of nitro benzene ring substituents is 1. The van der Waals surface area contributed by atoms with Crippen LogP contribution in [0.2, 0.25) is 0 Å². The van der Waals surface area contributed by atoms with E-state index in [0.717, 1.165) is 11.4 Å². The SMILES string of the molecule is Cc1c(NCCOc2ccccc2)cccc1[N+](=O)[O-]. The molecule has 0 aliphatic heterocycles. The molecular formula is C15H16N2O3. The highest BCUT2D eigenvalue weighted by Crippen LogP contribution is 2.24. The number of hydrogen-bond donors (Lipinski definition) is 1. The number of para-hydroxylation sites is 1. The molecule has 0 saturated carbocycles. The molecular weight excluding hydrogens is 256 g/mol. The first-order chi connectivity index (χ1) is 9.68. The van der Waals surface area contributed by atoms with Gasteiger partial charge in [0.1, 0.15) is 12.4 Å². The fourth-order valence-corrected chi connectivity index (χ4v) is 1.88. The van der Waals surface area contributed by atoms with Gasteiger partial charge in [0.15, 0.2) is 0 Å². The molecule has 0 aliphatic rings. The molecule has 0 atom stereocenters. The van der Waals surface area contributed by atoms with Crippen molar-refractivity contribution in [2.75, 3.05) is 18.5 Å². The van der Waals surface area contributed by atoms with E-state index in [-0.39, 0.29) is 10.6 Å². The summed E-state index contributed by atoms with van der Waals surface area (Å²) in [7, 11) is 0. The Morgan fingerprint density at radius 1 is 1.15 bits per heavy atom. The number of nitrogens with zero attached hydrogens (tertiary/aromatic N) is 1. The van der Waals surface area contributed by atoms with Gasteiger partial charge in [-0.3, -0.25) is 10.1 Å². The fraction of sp³-hybridized carbons (Fsp3) is 0.200. The number of rotatable bonds is 6. The van der Waals surface area contributed by atoms with Crippen LogP contribution >= 0.6 is 0 Å². The zero-order valence-electron chi connectivity index (χ0n) is 11.2. The molecule has 0 radical (unpaired) electrons. The predicted molar refractivity (Wildman–Crippen MR) is 78.3 cm³/mol. The summed E-state index contributed by atoms with van der Waals surface area (Å²) in [6.45, 7) is 2.81. The third-order valence-corrected chi connectivity index (χ3v) is 2.93. The maximum atomic E-state index is 10.8. The van der Waals surface area contributed by atoms with Gasteiger partial charge >= 0.3 is 0 Å². The van der Waals surface area contributed by atoms with Crippen LogP contribution in [-0.4, -0.2) is 18.1 Å². The van der Waals surface area contributed by atoms with Crippen molar-refractivity contribution in [3.8, 4) is 5.75 Å². The molecule has 0 bridgehead atoms. The van der Waals surface area contributed by atoms with E-state index < -0.39 is 0 Å². The largest absolute Gasteiger partial charge is 0.492 e. The van der Waals surface area contributed by atoms with Gasteiger partial charge in [-0.2, -0.15) is 0 Å². The van der Waals surface area contributed by atoms with Crippen LogP contribution in [0.1, 0.15) is 5.56 Å². The number of hydrogen-bond acceptors (Lipinski definition) is 4. The molecule has 0 spiro atoms. The van der Waals surface area contributed by atoms with Crippen molar-refractivity contribution in [2.24, 2.45) is 0 Å². The van der Waals surface area contributed by atoms with Gasteiger partial charge in [0.05, 0.1) is 4.92 Å². The Balaban J connectivity index is 1.88. The van der Waals surface area contributed by atoms with Gasteiger partial charge in [-0.1, -0.05) is 24.3 Å². The standard InChI is InChI=1S/C15H16N2O3/c1-12-14(8-5-9-15(12)17(18)19)16-10-11-20-13-6-3-2-4-7-13/h2-9,16H,10-11H2,1H3. The molecule has 5 heteroatoms. The molecule has 0 aromatic heterocycles. The van der Waals surface area contributed by atoms with Crippen molar-refractivity contribution in [1.29, 1.82) is 0 Å². The number of nitro groups is 1. The average molecular weight is 272 g/mol. The summed E-state index contributed by atoms with van der Waals surface area (Å²) in [5, 5.41) is 14.0. The normalized spacial score (nSPS) is 10.1. The summed E-state index contributed by atoms with van der Waals surface area (Å²) in [4.78, 5) is 10.5. The Morgan fingerprint density at radius 3 is 2.60 bits per heavy atom. The van der Waals surface area contributed by atoms with E-state index in [9.17, 15) is 10.1 Å². The van der Waals surface area contributed by atoms with E-state index in [0.29, 0.717) is 18.7 Å². The highest BCUT2D eigenvalue weighted by Gasteiger charge is 2.12. The first-order valence-corrected chi connectivity index (χ1v) is 6.34. The lowest BCUT2D eigenvalue weighted by Gasteiger charge is -2.10. The Bertz CT molecular complexity index is 585. The topological polar surface area (TPSA) is 64.4 Å². The van der Waals surface area contributed by atoms with Gasteiger partial charge in [0.25, 0.3) is 5.69 Å². The Morgan fingerprint density at radius 2 is 1.90 bits per heavy atom. The molecule has 5 nitrogen and oxygen atoms in total. The minimum atomic E-state index is -0.374. The van der Waals surface area contributed by atoms with Crippen LogP contribution in [-0.2, 0) is 0 Å². The minimum absolute atomic E-state index is 0.124. The second kappa shape index (κ2) is 6.56. The molecule has 104 valence electrons. The average Bonchev–Trinajstić information content (AvgIpc) is 2.46. The molecule has 0 heterocycles. The number of nitrogens with one attached hydrogen (secondary N) is 1. The van der Waals surface area contributed by atoms with Gasteiger partial charge in [-0.05, 0) is 25.1 Å². The Labute approximate surface area is 117 Å². The van der Waals surface area contributed by atoms with E-state index in [4.69, 9.17) is 4.74 Å². The second-order valence-electron chi connectivity index (χ2n) is 4.30. The van der Waals surface area contributed by atoms with Crippen LogP contribution in [0.25, 0.3) is 0 Å². The molecule has 0 unspecified atom stereocenters. The van der Waals surface area contributed by atoms with Crippen LogP contribution in [0.15, 0.2) is 48.5 Å². The summed E-state index contributed by atoms with van der Waals surface area (Å²) in [6.07, 6.45) is 0. The zero-order chi connectivity index (χ0) is 14.4. The number of benzene rings is 2. The summed E-state index contributed by atoms with van der Waals surface area (Å²) >= 11 is 0. The molecule has 0 fully saturated rings. The molecule has 20 heavy (non-hydrogen) atoms. The van der Waals surface area contributed by atoms with Crippen molar-refractivity contribution in [1.82, 2.24) is 0 Å². The van der Waals surface area contributed by atoms with Crippen LogP contribution in [0, 0.1) is 17.0 Å². The van der Waals surface area contributed by atoms with Crippen LogP contribution in [0.4, 0.5) is 11.4 Å². The Hall–Kier alpha value is -2.56. The highest BCUT2D eigenvalue weighted by molar-refractivity contribution is 5.59. The molecule has 0 aliphatic carbocycles. The van der Waals surface area contributed by atoms with E-state index in [1.54, 1.807) is 13.0 Å². The smallest absolute Gasteiger partial charge is 0.274 e. The van der Waals surface area contributed by atoms with Gasteiger partial charge in [-0.25, -0.2) is 0 Å². The summed E-state index contributed by atoms with van der Waals surface area (Å²) in [5.41, 5.74) is 1.52. The monoisotopic (exact) mass is 272 g/mol. The third-order valence-electron chi connectivity index (χ3n) is 2.93. The fourth-order valence-electron chi connectivity index (χ4n) is 1.88. The van der Waals surface area contributed by atoms with Crippen molar-refractivity contribution >= 4 is 11.4 Å². The Kier molecular flexibility index (Phi) is 4.55. The number of anilines is 1. The summed E-state index contributed by atoms with van der Waals surface area (Å²) in [6, 6.07) is 14.5. The van der Waals surface area contributed by atoms with Crippen LogP contribution in [0.5, 0.6) is 5.75 Å². The lowest BCUT2D eigenvalue weighted by atomic mass is 10.1. The van der Waals surface area contributed by atoms with E-state index in [2.05, 4.69) is 5.32 Å². The molecule has 2 aromatic rings. The second-order valence-corrected chi connectivity index (χ2v) is 4.30. The summed E-state index contributed by atoms with van der Waals surface area (Å²) < 4.78 is 5.55. The van der Waals surface area contributed by atoms with E-state index >= 15 is 0 Å². The predicted octanol–water partition coefficient (Wildman–Crippen LogP) is 3.39. The maximum absolute atomic E-state index is 10.8. The van der Waals surface area contributed by atoms with E-state index in [1.165, 1.54) is 6.07 Å². The van der Waals surface area contributed by atoms with Crippen LogP contribution in [0.3, 0.4) is 0 Å².